The van der Waals surface area contributed by atoms with Crippen LogP contribution in [-0.4, -0.2) is 263 Å². The number of amides is 3. The molecule has 4 aromatic heterocycles. The van der Waals surface area contributed by atoms with Crippen molar-refractivity contribution in [2.45, 2.75) is 188 Å². The van der Waals surface area contributed by atoms with Gasteiger partial charge in [0.15, 0.2) is 34.5 Å². The van der Waals surface area contributed by atoms with E-state index in [0.717, 1.165) is 235 Å². The molecule has 7 fully saturated rings. The molecule has 7 aliphatic heterocycles. The first-order valence-electron chi connectivity index (χ1n) is 48.2. The second kappa shape index (κ2) is 57.4. The minimum atomic E-state index is -0.465. The van der Waals surface area contributed by atoms with Crippen molar-refractivity contribution in [2.75, 3.05) is 211 Å². The number of likely N-dealkylation sites (tertiary alicyclic amines) is 6. The van der Waals surface area contributed by atoms with E-state index < -0.39 is 22.8 Å². The van der Waals surface area contributed by atoms with Crippen molar-refractivity contribution in [3.8, 4) is 34.5 Å². The van der Waals surface area contributed by atoms with E-state index >= 15 is 0 Å². The number of hydrogen-bond donors (Lipinski definition) is 8. The summed E-state index contributed by atoms with van der Waals surface area (Å²) >= 11 is 6.52. The molecule has 33 heteroatoms. The van der Waals surface area contributed by atoms with Crippen LogP contribution in [0.5, 0.6) is 34.5 Å². The van der Waals surface area contributed by atoms with Crippen molar-refractivity contribution >= 4 is 96.0 Å². The van der Waals surface area contributed by atoms with Crippen LogP contribution >= 0.6 is 31.9 Å². The fourth-order valence-corrected chi connectivity index (χ4v) is 16.8. The lowest BCUT2D eigenvalue weighted by Gasteiger charge is -2.33. The zero-order valence-electron chi connectivity index (χ0n) is 81.6. The van der Waals surface area contributed by atoms with Crippen molar-refractivity contribution in [3.05, 3.63) is 143 Å². The molecule has 7 aliphatic rings. The summed E-state index contributed by atoms with van der Waals surface area (Å²) in [7, 11) is 4.99. The molecule has 0 spiro atoms. The maximum atomic E-state index is 12.3. The molecule has 7 saturated heterocycles. The first-order valence-corrected chi connectivity index (χ1v) is 49.8. The topological polar surface area (TPSA) is 329 Å². The highest BCUT2D eigenvalue weighted by Gasteiger charge is 2.31. The molecule has 0 bridgehead atoms. The first-order chi connectivity index (χ1) is 64.4. The number of hydrogen-bond acceptors (Lipinski definition) is 27. The van der Waals surface area contributed by atoms with Gasteiger partial charge in [-0.05, 0) is 321 Å². The van der Waals surface area contributed by atoms with Crippen molar-refractivity contribution < 1.29 is 61.4 Å². The lowest BCUT2D eigenvalue weighted by atomic mass is 9.97. The molecule has 7 aromatic rings. The molecule has 0 saturated carbocycles. The Kier molecular flexibility index (Phi) is 46.3. The highest BCUT2D eigenvalue weighted by Crippen LogP contribution is 2.36. The van der Waals surface area contributed by atoms with Crippen molar-refractivity contribution in [1.29, 1.82) is 0 Å². The number of anilines is 8. The molecule has 0 atom stereocenters. The molecule has 10 N–H and O–H groups in total. The molecular formula is C101H153Br2FN18O12. The Balaban J connectivity index is 0.000000191. The summed E-state index contributed by atoms with van der Waals surface area (Å²) in [4.78, 5) is 65.5. The van der Waals surface area contributed by atoms with Gasteiger partial charge in [0.2, 0.25) is 5.95 Å². The van der Waals surface area contributed by atoms with E-state index in [9.17, 15) is 18.8 Å². The minimum Gasteiger partial charge on any atom is -0.493 e. The summed E-state index contributed by atoms with van der Waals surface area (Å²) in [6.07, 6.45) is 25.5. The van der Waals surface area contributed by atoms with Gasteiger partial charge in [-0.3, -0.25) is 0 Å². The van der Waals surface area contributed by atoms with Crippen LogP contribution in [-0.2, 0) is 14.2 Å². The van der Waals surface area contributed by atoms with Crippen LogP contribution in [0.3, 0.4) is 0 Å². The molecule has 0 aliphatic carbocycles. The van der Waals surface area contributed by atoms with Gasteiger partial charge in [-0.25, -0.2) is 34.3 Å². The number of nitrogens with one attached hydrogen (secondary N) is 6. The number of rotatable bonds is 32. The number of nitrogens with zero attached hydrogens (tertiary/aromatic N) is 10. The van der Waals surface area contributed by atoms with Gasteiger partial charge in [0.25, 0.3) is 0 Å². The number of aromatic nitrogens is 4. The number of nitrogens with two attached hydrogens (primary N) is 2. The SMILES string of the molecule is CC(C)(C)OC(=O)N1CCC(CN)CC1.CC(C)(C)OC(=O)N1CCC(CNc2cc(Br)ccn2)CC1.COc1ccc(N)cc1OCCCN1CCCC1.COc1ccc(Nc2ccnc(NCC3CCN(C(=O)OC(C)(C)C)CC3)c2)cc1OCCCN1CCCC1.COc1ccc(Nc2ccnc(NCC3CCNCC3)c2)cc1OCCCN1CCCC1.Fc1cc(Br)ccn1. The smallest absolute Gasteiger partial charge is 0.410 e. The van der Waals surface area contributed by atoms with Gasteiger partial charge in [0.05, 0.1) is 41.2 Å². The molecular weight excluding hydrogens is 1840 g/mol. The summed E-state index contributed by atoms with van der Waals surface area (Å²) in [5.74, 6) is 8.95. The van der Waals surface area contributed by atoms with E-state index in [0.29, 0.717) is 53.7 Å². The van der Waals surface area contributed by atoms with Crippen LogP contribution in [0.4, 0.5) is 64.7 Å². The van der Waals surface area contributed by atoms with E-state index in [2.05, 4.69) is 104 Å². The summed E-state index contributed by atoms with van der Waals surface area (Å²) in [6.45, 7) is 39.9. The van der Waals surface area contributed by atoms with Crippen molar-refractivity contribution in [3.63, 3.8) is 0 Å². The lowest BCUT2D eigenvalue weighted by Crippen LogP contribution is -2.42. The molecule has 11 heterocycles. The average molecular weight is 1990 g/mol. The zero-order valence-corrected chi connectivity index (χ0v) is 84.8. The number of piperidine rings is 4. The van der Waals surface area contributed by atoms with Gasteiger partial charge >= 0.3 is 18.3 Å². The second-order valence-electron chi connectivity index (χ2n) is 38.0. The zero-order chi connectivity index (χ0) is 96.1. The highest BCUT2D eigenvalue weighted by atomic mass is 79.9. The molecule has 0 radical (unpaired) electrons. The number of pyridine rings is 4. The van der Waals surface area contributed by atoms with E-state index in [-0.39, 0.29) is 18.3 Å². The van der Waals surface area contributed by atoms with E-state index in [4.69, 9.17) is 54.1 Å². The molecule has 0 unspecified atom stereocenters. The van der Waals surface area contributed by atoms with Crippen molar-refractivity contribution in [2.24, 2.45) is 29.4 Å². The third kappa shape index (κ3) is 41.9. The van der Waals surface area contributed by atoms with E-state index in [1.807, 2.05) is 158 Å². The summed E-state index contributed by atoms with van der Waals surface area (Å²) in [5.41, 5.74) is 14.6. The number of halogens is 3. The molecule has 740 valence electrons. The molecule has 30 nitrogen and oxygen atoms in total. The van der Waals surface area contributed by atoms with Gasteiger partial charge in [0.1, 0.15) is 34.3 Å². The maximum absolute atomic E-state index is 12.3. The quantitative estimate of drug-likeness (QED) is 0.00840. The highest BCUT2D eigenvalue weighted by molar-refractivity contribution is 9.10. The number of methoxy groups -OCH3 is 3. The van der Waals surface area contributed by atoms with Gasteiger partial charge < -0.3 is 115 Å². The number of benzene rings is 3. The Bertz CT molecular complexity index is 4550. The summed E-state index contributed by atoms with van der Waals surface area (Å²) in [6, 6.07) is 32.2. The molecule has 3 aromatic carbocycles. The standard InChI is InChI=1S/C30H45N5O4.C25H37N5O2.C16H24BrN3O2.C14H22N2O2.C11H22N2O2.C5H3BrFN/c1-30(2,3)39-29(36)35-17-11-23(12-18-35)22-32-28-21-25(10-13-31-28)33-24-8-9-26(37-4)27(20-24)38-19-7-16-34-14-5-6-15-34;1-31-23-6-5-21(17-24(23)32-16-4-15-30-13-2-3-14-30)29-22-9-12-27-25(18-22)28-19-20-7-10-26-11-8-20;1-16(2,3)22-15(21)20-8-5-12(6-9-20)11-19-14-10-13(17)4-7-18-14;1-17-13-6-5-12(15)11-14(13)18-10-4-9-16-7-2-3-8-16;1-11(2,3)15-10(14)13-6-4-9(8-12)5-7-13;6-4-1-2-8-5(7)3-4/h8-10,13,20-21,23H,5-7,11-12,14-19,22H2,1-4H3,(H2,31,32,33);5-6,9,12,17-18,20,26H,2-4,7-8,10-11,13-16,19H2,1H3,(H2,27,28,29);4,7,10,12H,5-6,8-9,11H2,1-3H3,(H,18,19);5-6,11H,2-4,7-10,15H2,1H3;9H,4-8,12H2,1-3H3;1-3H. The molecule has 134 heavy (non-hydrogen) atoms. The number of carbonyl (C=O) groups is 3. The van der Waals surface area contributed by atoms with Crippen LogP contribution in [0, 0.1) is 29.6 Å². The fraction of sp³-hybridized carbons (Fsp3) is 0.594. The summed E-state index contributed by atoms with van der Waals surface area (Å²) in [5, 5.41) is 20.7. The first kappa shape index (κ1) is 108. The monoisotopic (exact) mass is 1990 g/mol. The fourth-order valence-electron chi connectivity index (χ4n) is 16.2. The normalized spacial score (nSPS) is 16.5. The van der Waals surface area contributed by atoms with Crippen LogP contribution in [0.25, 0.3) is 0 Å². The average Bonchev–Trinajstić information content (AvgIpc) is 0.937. The third-order valence-corrected chi connectivity index (χ3v) is 24.5. The maximum Gasteiger partial charge on any atom is 0.410 e. The minimum absolute atomic E-state index is 0.196. The number of ether oxygens (including phenoxy) is 9. The summed E-state index contributed by atoms with van der Waals surface area (Å²) < 4.78 is 64.1. The van der Waals surface area contributed by atoms with Gasteiger partial charge in [-0.2, -0.15) is 4.39 Å². The van der Waals surface area contributed by atoms with Crippen LogP contribution < -0.4 is 71.8 Å². The Hall–Kier alpha value is -9.64. The Labute approximate surface area is 813 Å². The van der Waals surface area contributed by atoms with Crippen molar-refractivity contribution in [1.82, 2.24) is 54.7 Å². The Morgan fingerprint density at radius 3 is 1.06 bits per heavy atom. The second-order valence-corrected chi connectivity index (χ2v) is 39.8. The Morgan fingerprint density at radius 2 is 0.724 bits per heavy atom. The Morgan fingerprint density at radius 1 is 0.403 bits per heavy atom. The number of nitrogen functional groups attached to an aromatic ring is 1. The van der Waals surface area contributed by atoms with Crippen LogP contribution in [0.2, 0.25) is 0 Å². The predicted molar refractivity (Wildman–Crippen MR) is 541 cm³/mol. The van der Waals surface area contributed by atoms with Crippen LogP contribution in [0.1, 0.15) is 171 Å². The lowest BCUT2D eigenvalue weighted by molar-refractivity contribution is 0.0177. The van der Waals surface area contributed by atoms with E-state index in [1.54, 1.807) is 49.6 Å². The van der Waals surface area contributed by atoms with E-state index in [1.165, 1.54) is 103 Å². The van der Waals surface area contributed by atoms with Crippen LogP contribution in [0.15, 0.2) is 137 Å². The molecule has 3 amide bonds. The van der Waals surface area contributed by atoms with Gasteiger partial charge in [-0.15, -0.1) is 0 Å². The molecule has 14 rings (SSSR count). The van der Waals surface area contributed by atoms with Gasteiger partial charge in [-0.1, -0.05) is 31.9 Å². The van der Waals surface area contributed by atoms with Gasteiger partial charge in [0, 0.05) is 177 Å². The third-order valence-electron chi connectivity index (χ3n) is 23.6. The largest absolute Gasteiger partial charge is 0.493 e. The predicted octanol–water partition coefficient (Wildman–Crippen LogP) is 19.5. The number of carbonyl (C=O) groups excluding carboxylic acids is 3.